The molecule has 2 aliphatic rings. The van der Waals surface area contributed by atoms with E-state index in [0.717, 1.165) is 5.56 Å². The molecule has 2 unspecified atom stereocenters. The minimum absolute atomic E-state index is 0.0850. The Labute approximate surface area is 144 Å². The van der Waals surface area contributed by atoms with E-state index < -0.39 is 30.1 Å². The van der Waals surface area contributed by atoms with Gasteiger partial charge < -0.3 is 20.2 Å². The number of fused-ring (bicyclic) bond motifs is 1. The summed E-state index contributed by atoms with van der Waals surface area (Å²) in [5.74, 6) is -0.934. The number of imide groups is 1. The first-order valence-corrected chi connectivity index (χ1v) is 7.88. The molecule has 1 aromatic carbocycles. The Kier molecular flexibility index (Phi) is 4.55. The number of carboxylic acid groups (broad SMARTS) is 1. The van der Waals surface area contributed by atoms with Crippen molar-refractivity contribution in [2.24, 2.45) is 4.99 Å². The molecule has 2 heterocycles. The summed E-state index contributed by atoms with van der Waals surface area (Å²) in [5.41, 5.74) is 0.975. The second-order valence-electron chi connectivity index (χ2n) is 5.90. The maximum Gasteiger partial charge on any atom is 0.325 e. The molecule has 2 atom stereocenters. The number of aliphatic carboxylic acids is 1. The van der Waals surface area contributed by atoms with E-state index in [1.54, 1.807) is 11.9 Å². The first-order chi connectivity index (χ1) is 12.0. The molecule has 0 saturated carbocycles. The zero-order valence-electron chi connectivity index (χ0n) is 13.7. The number of hydrogen-bond acceptors (Lipinski definition) is 4. The standard InChI is InChI=1S/C16H19N5O4/c1-20-13-12(14(24)19-16(20)25)21(9-10-5-3-2-4-6-10)15(18-13)17-8-7-11(22)23/h2-6,12-13H,7-9H2,1H3,(H,17,18)(H,22,23)(H,19,24,25). The van der Waals surface area contributed by atoms with Crippen LogP contribution in [0.25, 0.3) is 0 Å². The summed E-state index contributed by atoms with van der Waals surface area (Å²) in [7, 11) is 1.59. The molecule has 9 heteroatoms. The Morgan fingerprint density at radius 3 is 2.68 bits per heavy atom. The third-order valence-electron chi connectivity index (χ3n) is 4.20. The number of likely N-dealkylation sites (N-methyl/N-ethyl adjacent to an activating group) is 1. The lowest BCUT2D eigenvalue weighted by atomic mass is 10.1. The maximum atomic E-state index is 12.4. The van der Waals surface area contributed by atoms with Crippen molar-refractivity contribution in [3.63, 3.8) is 0 Å². The molecule has 0 radical (unpaired) electrons. The van der Waals surface area contributed by atoms with Crippen LogP contribution in [0.5, 0.6) is 0 Å². The summed E-state index contributed by atoms with van der Waals surface area (Å²) in [5, 5.41) is 14.2. The fourth-order valence-corrected chi connectivity index (χ4v) is 2.93. The molecular formula is C16H19N5O4. The molecule has 2 aliphatic heterocycles. The normalized spacial score (nSPS) is 24.1. The minimum atomic E-state index is -0.945. The lowest BCUT2D eigenvalue weighted by molar-refractivity contribution is -0.136. The molecule has 0 aliphatic carbocycles. The van der Waals surface area contributed by atoms with E-state index in [2.05, 4.69) is 15.6 Å². The number of nitrogens with zero attached hydrogens (tertiary/aromatic N) is 3. The molecule has 3 rings (SSSR count). The number of urea groups is 1. The van der Waals surface area contributed by atoms with Crippen molar-refractivity contribution in [2.45, 2.75) is 25.2 Å². The van der Waals surface area contributed by atoms with Crippen molar-refractivity contribution in [1.29, 1.82) is 0 Å². The van der Waals surface area contributed by atoms with Crippen LogP contribution < -0.4 is 10.6 Å². The van der Waals surface area contributed by atoms with E-state index in [1.807, 2.05) is 30.3 Å². The summed E-state index contributed by atoms with van der Waals surface area (Å²) < 4.78 is 0. The topological polar surface area (TPSA) is 114 Å². The zero-order chi connectivity index (χ0) is 18.0. The molecule has 3 amide bonds. The van der Waals surface area contributed by atoms with Gasteiger partial charge in [-0.1, -0.05) is 30.3 Å². The van der Waals surface area contributed by atoms with Gasteiger partial charge in [-0.15, -0.1) is 0 Å². The van der Waals surface area contributed by atoms with E-state index in [1.165, 1.54) is 4.90 Å². The molecule has 25 heavy (non-hydrogen) atoms. The van der Waals surface area contributed by atoms with Crippen LogP contribution in [-0.2, 0) is 16.1 Å². The number of benzene rings is 1. The van der Waals surface area contributed by atoms with Crippen molar-refractivity contribution in [3.8, 4) is 0 Å². The number of carbonyl (C=O) groups is 3. The Balaban J connectivity index is 1.88. The van der Waals surface area contributed by atoms with Crippen molar-refractivity contribution in [2.75, 3.05) is 13.6 Å². The quantitative estimate of drug-likeness (QED) is 0.681. The summed E-state index contributed by atoms with van der Waals surface area (Å²) in [6, 6.07) is 8.44. The SMILES string of the molecule is CN1C(=O)NC(=O)C2C1NC(=NCCC(=O)O)N2Cc1ccccc1. The van der Waals surface area contributed by atoms with E-state index in [4.69, 9.17) is 5.11 Å². The van der Waals surface area contributed by atoms with Gasteiger partial charge in [-0.05, 0) is 5.56 Å². The molecule has 0 bridgehead atoms. The summed E-state index contributed by atoms with van der Waals surface area (Å²) in [6.45, 7) is 0.498. The van der Waals surface area contributed by atoms with Gasteiger partial charge in [0.15, 0.2) is 12.0 Å². The average molecular weight is 345 g/mol. The fourth-order valence-electron chi connectivity index (χ4n) is 2.93. The molecule has 2 fully saturated rings. The Bertz CT molecular complexity index is 720. The highest BCUT2D eigenvalue weighted by Crippen LogP contribution is 2.22. The molecule has 1 aromatic rings. The van der Waals surface area contributed by atoms with Crippen LogP contribution in [-0.4, -0.2) is 64.6 Å². The highest BCUT2D eigenvalue weighted by atomic mass is 16.4. The molecule has 0 spiro atoms. The van der Waals surface area contributed by atoms with E-state index in [9.17, 15) is 14.4 Å². The van der Waals surface area contributed by atoms with E-state index in [0.29, 0.717) is 12.5 Å². The number of carbonyl (C=O) groups excluding carboxylic acids is 2. The number of carboxylic acids is 1. The van der Waals surface area contributed by atoms with Crippen molar-refractivity contribution in [3.05, 3.63) is 35.9 Å². The van der Waals surface area contributed by atoms with Crippen LogP contribution in [0.1, 0.15) is 12.0 Å². The van der Waals surface area contributed by atoms with Gasteiger partial charge in [0, 0.05) is 13.6 Å². The van der Waals surface area contributed by atoms with Crippen LogP contribution in [0.15, 0.2) is 35.3 Å². The molecule has 2 saturated heterocycles. The number of nitrogens with one attached hydrogen (secondary N) is 2. The van der Waals surface area contributed by atoms with Crippen LogP contribution in [0.4, 0.5) is 4.79 Å². The highest BCUT2D eigenvalue weighted by Gasteiger charge is 2.49. The third kappa shape index (κ3) is 3.39. The number of rotatable bonds is 5. The highest BCUT2D eigenvalue weighted by molar-refractivity contribution is 6.04. The molecule has 0 aromatic heterocycles. The second kappa shape index (κ2) is 6.80. The Hall–Kier alpha value is -3.10. The number of amides is 3. The van der Waals surface area contributed by atoms with Gasteiger partial charge in [0.05, 0.1) is 13.0 Å². The predicted molar refractivity (Wildman–Crippen MR) is 88.6 cm³/mol. The van der Waals surface area contributed by atoms with Crippen molar-refractivity contribution < 1.29 is 19.5 Å². The lowest BCUT2D eigenvalue weighted by Gasteiger charge is -2.35. The van der Waals surface area contributed by atoms with Crippen LogP contribution in [0, 0.1) is 0 Å². The number of hydrogen-bond donors (Lipinski definition) is 3. The van der Waals surface area contributed by atoms with Gasteiger partial charge in [0.25, 0.3) is 5.91 Å². The molecule has 132 valence electrons. The monoisotopic (exact) mass is 345 g/mol. The minimum Gasteiger partial charge on any atom is -0.481 e. The molecule has 9 nitrogen and oxygen atoms in total. The van der Waals surface area contributed by atoms with E-state index >= 15 is 0 Å². The second-order valence-corrected chi connectivity index (χ2v) is 5.90. The van der Waals surface area contributed by atoms with Gasteiger partial charge in [-0.3, -0.25) is 19.9 Å². The van der Waals surface area contributed by atoms with Gasteiger partial charge >= 0.3 is 12.0 Å². The average Bonchev–Trinajstić information content (AvgIpc) is 2.92. The number of aliphatic imine (C=N–C) groups is 1. The van der Waals surface area contributed by atoms with Crippen LogP contribution in [0.3, 0.4) is 0 Å². The lowest BCUT2D eigenvalue weighted by Crippen LogP contribution is -2.64. The van der Waals surface area contributed by atoms with Gasteiger partial charge in [-0.2, -0.15) is 0 Å². The predicted octanol–water partition coefficient (Wildman–Crippen LogP) is -0.201. The molecule has 3 N–H and O–H groups in total. The van der Waals surface area contributed by atoms with Gasteiger partial charge in [0.2, 0.25) is 0 Å². The fraction of sp³-hybridized carbons (Fsp3) is 0.375. The smallest absolute Gasteiger partial charge is 0.325 e. The van der Waals surface area contributed by atoms with Crippen LogP contribution in [0.2, 0.25) is 0 Å². The maximum absolute atomic E-state index is 12.4. The number of guanidine groups is 1. The summed E-state index contributed by atoms with van der Waals surface area (Å²) in [4.78, 5) is 42.4. The van der Waals surface area contributed by atoms with Crippen molar-refractivity contribution in [1.82, 2.24) is 20.4 Å². The summed E-state index contributed by atoms with van der Waals surface area (Å²) >= 11 is 0. The van der Waals surface area contributed by atoms with Crippen molar-refractivity contribution >= 4 is 23.9 Å². The first kappa shape index (κ1) is 16.7. The molecular weight excluding hydrogens is 326 g/mol. The summed E-state index contributed by atoms with van der Waals surface area (Å²) in [6.07, 6.45) is -0.658. The van der Waals surface area contributed by atoms with Gasteiger partial charge in [0.1, 0.15) is 6.17 Å². The zero-order valence-corrected chi connectivity index (χ0v) is 13.7. The van der Waals surface area contributed by atoms with Gasteiger partial charge in [-0.25, -0.2) is 4.79 Å². The third-order valence-corrected chi connectivity index (χ3v) is 4.20. The van der Waals surface area contributed by atoms with Crippen LogP contribution >= 0.6 is 0 Å². The Morgan fingerprint density at radius 2 is 2.00 bits per heavy atom. The Morgan fingerprint density at radius 1 is 1.28 bits per heavy atom. The largest absolute Gasteiger partial charge is 0.481 e. The van der Waals surface area contributed by atoms with E-state index in [-0.39, 0.29) is 13.0 Å². The first-order valence-electron chi connectivity index (χ1n) is 7.88.